The highest BCUT2D eigenvalue weighted by Gasteiger charge is 2.64. The van der Waals surface area contributed by atoms with Crippen molar-refractivity contribution in [1.29, 1.82) is 0 Å². The van der Waals surface area contributed by atoms with Crippen molar-refractivity contribution in [3.63, 3.8) is 0 Å². The molecular weight excluding hydrogens is 162 g/mol. The van der Waals surface area contributed by atoms with Crippen LogP contribution in [0.15, 0.2) is 0 Å². The number of hydrogen-bond donors (Lipinski definition) is 1. The molecule has 0 aromatic carbocycles. The Bertz CT molecular complexity index is 204. The van der Waals surface area contributed by atoms with E-state index in [2.05, 4.69) is 0 Å². The Morgan fingerprint density at radius 2 is 2.15 bits per heavy atom. The zero-order valence-corrected chi connectivity index (χ0v) is 8.17. The minimum atomic E-state index is 0.555. The molecule has 1 heterocycles. The van der Waals surface area contributed by atoms with Gasteiger partial charge >= 0.3 is 0 Å². The van der Waals surface area contributed by atoms with E-state index in [1.807, 2.05) is 0 Å². The number of ether oxygens (including phenoxy) is 1. The van der Waals surface area contributed by atoms with Gasteiger partial charge in [-0.05, 0) is 44.1 Å². The Kier molecular flexibility index (Phi) is 1.72. The molecule has 1 spiro atoms. The van der Waals surface area contributed by atoms with Crippen LogP contribution in [-0.2, 0) is 4.74 Å². The number of hydrogen-bond acceptors (Lipinski definition) is 2. The molecule has 3 unspecified atom stereocenters. The van der Waals surface area contributed by atoms with Crippen molar-refractivity contribution in [3.05, 3.63) is 0 Å². The van der Waals surface area contributed by atoms with E-state index in [4.69, 9.17) is 10.5 Å². The summed E-state index contributed by atoms with van der Waals surface area (Å²) in [6.45, 7) is 1.89. The Balaban J connectivity index is 1.80. The molecule has 0 radical (unpaired) electrons. The summed E-state index contributed by atoms with van der Waals surface area (Å²) in [6.07, 6.45) is 7.40. The average molecular weight is 181 g/mol. The minimum absolute atomic E-state index is 0.555. The Hall–Kier alpha value is -0.0800. The van der Waals surface area contributed by atoms with Gasteiger partial charge in [0.2, 0.25) is 0 Å². The fourth-order valence-electron chi connectivity index (χ4n) is 3.98. The van der Waals surface area contributed by atoms with E-state index < -0.39 is 0 Å². The van der Waals surface area contributed by atoms with E-state index in [1.165, 1.54) is 32.1 Å². The lowest BCUT2D eigenvalue weighted by Gasteiger charge is -2.67. The smallest absolute Gasteiger partial charge is 0.0666 e. The lowest BCUT2D eigenvalue weighted by Crippen LogP contribution is -2.68. The van der Waals surface area contributed by atoms with Gasteiger partial charge in [0.15, 0.2) is 0 Å². The van der Waals surface area contributed by atoms with Crippen LogP contribution in [-0.4, -0.2) is 19.3 Å². The second kappa shape index (κ2) is 2.71. The normalized spacial score (nSPS) is 46.4. The van der Waals surface area contributed by atoms with E-state index in [-0.39, 0.29) is 0 Å². The first kappa shape index (κ1) is 8.25. The zero-order chi connectivity index (χ0) is 8.89. The fourth-order valence-corrected chi connectivity index (χ4v) is 3.98. The molecule has 0 aromatic heterocycles. The number of rotatable bonds is 1. The average Bonchev–Trinajstić information content (AvgIpc) is 2.05. The summed E-state index contributed by atoms with van der Waals surface area (Å²) in [6, 6.07) is 0. The maximum absolute atomic E-state index is 5.91. The van der Waals surface area contributed by atoms with Crippen LogP contribution in [0.4, 0.5) is 0 Å². The molecule has 3 fully saturated rings. The molecule has 13 heavy (non-hydrogen) atoms. The van der Waals surface area contributed by atoms with Gasteiger partial charge in [0.1, 0.15) is 0 Å². The lowest BCUT2D eigenvalue weighted by atomic mass is 9.42. The van der Waals surface area contributed by atoms with Gasteiger partial charge in [0, 0.05) is 12.0 Å². The molecule has 1 aliphatic heterocycles. The molecule has 2 nitrogen and oxygen atoms in total. The maximum Gasteiger partial charge on any atom is 0.0666 e. The quantitative estimate of drug-likeness (QED) is 0.666. The maximum atomic E-state index is 5.91. The van der Waals surface area contributed by atoms with Crippen molar-refractivity contribution >= 4 is 0 Å². The number of nitrogens with two attached hydrogens (primary N) is 1. The first-order valence-electron chi connectivity index (χ1n) is 5.70. The van der Waals surface area contributed by atoms with Gasteiger partial charge in [-0.2, -0.15) is 0 Å². The molecule has 2 N–H and O–H groups in total. The van der Waals surface area contributed by atoms with Gasteiger partial charge < -0.3 is 10.5 Å². The molecule has 3 aliphatic rings. The highest BCUT2D eigenvalue weighted by atomic mass is 16.5. The number of fused-ring (bicyclic) bond motifs is 2. The third kappa shape index (κ3) is 0.861. The van der Waals surface area contributed by atoms with Crippen molar-refractivity contribution < 1.29 is 4.74 Å². The Labute approximate surface area is 79.8 Å². The zero-order valence-electron chi connectivity index (χ0n) is 8.17. The van der Waals surface area contributed by atoms with Crippen LogP contribution in [0.25, 0.3) is 0 Å². The molecule has 3 atom stereocenters. The monoisotopic (exact) mass is 181 g/mol. The van der Waals surface area contributed by atoms with Crippen LogP contribution < -0.4 is 5.73 Å². The predicted molar refractivity (Wildman–Crippen MR) is 51.3 cm³/mol. The van der Waals surface area contributed by atoms with Gasteiger partial charge in [-0.15, -0.1) is 0 Å². The van der Waals surface area contributed by atoms with Crippen molar-refractivity contribution in [2.75, 3.05) is 13.2 Å². The molecule has 1 saturated heterocycles. The van der Waals surface area contributed by atoms with Gasteiger partial charge in [0.25, 0.3) is 0 Å². The van der Waals surface area contributed by atoms with Gasteiger partial charge in [-0.1, -0.05) is 6.42 Å². The SMILES string of the molecule is NCC1C2CCCOC2C12CCC2. The fraction of sp³-hybridized carbons (Fsp3) is 1.00. The molecular formula is C11H19NO. The van der Waals surface area contributed by atoms with E-state index in [0.717, 1.165) is 25.0 Å². The molecule has 2 aliphatic carbocycles. The summed E-state index contributed by atoms with van der Waals surface area (Å²) >= 11 is 0. The van der Waals surface area contributed by atoms with E-state index in [1.54, 1.807) is 0 Å². The summed E-state index contributed by atoms with van der Waals surface area (Å²) in [4.78, 5) is 0. The molecule has 2 saturated carbocycles. The molecule has 0 amide bonds. The highest BCUT2D eigenvalue weighted by Crippen LogP contribution is 2.65. The summed E-state index contributed by atoms with van der Waals surface area (Å²) < 4.78 is 5.91. The second-order valence-corrected chi connectivity index (χ2v) is 5.03. The standard InChI is InChI=1S/C11H19NO/c12-7-9-8-3-1-6-13-10(8)11(9)4-2-5-11/h8-10H,1-7,12H2. The van der Waals surface area contributed by atoms with Gasteiger partial charge in [0.05, 0.1) is 6.10 Å². The predicted octanol–water partition coefficient (Wildman–Crippen LogP) is 1.54. The van der Waals surface area contributed by atoms with Crippen LogP contribution in [0.5, 0.6) is 0 Å². The summed E-state index contributed by atoms with van der Waals surface area (Å²) in [5, 5.41) is 0. The van der Waals surface area contributed by atoms with Gasteiger partial charge in [-0.25, -0.2) is 0 Å². The molecule has 0 bridgehead atoms. The van der Waals surface area contributed by atoms with Crippen LogP contribution >= 0.6 is 0 Å². The van der Waals surface area contributed by atoms with Gasteiger partial charge in [-0.3, -0.25) is 0 Å². The van der Waals surface area contributed by atoms with Crippen LogP contribution in [0.3, 0.4) is 0 Å². The van der Waals surface area contributed by atoms with Crippen LogP contribution in [0, 0.1) is 17.3 Å². The van der Waals surface area contributed by atoms with Crippen molar-refractivity contribution in [2.45, 2.75) is 38.2 Å². The third-order valence-electron chi connectivity index (χ3n) is 4.73. The van der Waals surface area contributed by atoms with Crippen LogP contribution in [0.1, 0.15) is 32.1 Å². The first-order valence-corrected chi connectivity index (χ1v) is 5.70. The Morgan fingerprint density at radius 1 is 1.31 bits per heavy atom. The summed E-state index contributed by atoms with van der Waals surface area (Å²) in [5.41, 5.74) is 6.43. The molecule has 74 valence electrons. The van der Waals surface area contributed by atoms with Crippen molar-refractivity contribution in [3.8, 4) is 0 Å². The van der Waals surface area contributed by atoms with E-state index >= 15 is 0 Å². The van der Waals surface area contributed by atoms with Crippen molar-refractivity contribution in [2.24, 2.45) is 23.0 Å². The largest absolute Gasteiger partial charge is 0.377 e. The second-order valence-electron chi connectivity index (χ2n) is 5.03. The first-order chi connectivity index (χ1) is 6.38. The highest BCUT2D eigenvalue weighted by molar-refractivity contribution is 5.13. The van der Waals surface area contributed by atoms with E-state index in [9.17, 15) is 0 Å². The Morgan fingerprint density at radius 3 is 2.77 bits per heavy atom. The van der Waals surface area contributed by atoms with E-state index in [0.29, 0.717) is 11.5 Å². The molecule has 0 aromatic rings. The lowest BCUT2D eigenvalue weighted by molar-refractivity contribution is -0.257. The molecule has 2 heteroatoms. The molecule has 3 rings (SSSR count). The topological polar surface area (TPSA) is 35.2 Å². The summed E-state index contributed by atoms with van der Waals surface area (Å²) in [5.74, 6) is 1.62. The summed E-state index contributed by atoms with van der Waals surface area (Å²) in [7, 11) is 0. The third-order valence-corrected chi connectivity index (χ3v) is 4.73. The van der Waals surface area contributed by atoms with Crippen molar-refractivity contribution in [1.82, 2.24) is 0 Å². The van der Waals surface area contributed by atoms with Crippen LogP contribution in [0.2, 0.25) is 0 Å². The minimum Gasteiger partial charge on any atom is -0.377 e.